The first kappa shape index (κ1) is 24.2. The van der Waals surface area contributed by atoms with Gasteiger partial charge in [0.2, 0.25) is 12.5 Å². The Bertz CT molecular complexity index is 1140. The van der Waals surface area contributed by atoms with E-state index in [9.17, 15) is 4.79 Å². The molecule has 0 aliphatic carbocycles. The highest BCUT2D eigenvalue weighted by Gasteiger charge is 2.27. The van der Waals surface area contributed by atoms with E-state index in [-0.39, 0.29) is 19.9 Å². The van der Waals surface area contributed by atoms with E-state index in [1.54, 1.807) is 17.2 Å². The van der Waals surface area contributed by atoms with Crippen molar-refractivity contribution < 1.29 is 23.7 Å². The zero-order valence-corrected chi connectivity index (χ0v) is 20.2. The largest absolute Gasteiger partial charge is 0.452 e. The number of aryl methyl sites for hydroxylation is 1. The van der Waals surface area contributed by atoms with Crippen molar-refractivity contribution in [2.45, 2.75) is 46.3 Å². The fourth-order valence-corrected chi connectivity index (χ4v) is 3.76. The monoisotopic (exact) mass is 477 g/mol. The minimum Gasteiger partial charge on any atom is -0.452 e. The van der Waals surface area contributed by atoms with Gasteiger partial charge in [-0.15, -0.1) is 0 Å². The van der Waals surface area contributed by atoms with Crippen LogP contribution in [0.1, 0.15) is 43.0 Å². The van der Waals surface area contributed by atoms with Gasteiger partial charge in [0.25, 0.3) is 0 Å². The molecule has 0 bridgehead atoms. The van der Waals surface area contributed by atoms with Crippen LogP contribution in [0.2, 0.25) is 0 Å². The number of anilines is 1. The van der Waals surface area contributed by atoms with E-state index in [0.29, 0.717) is 40.8 Å². The lowest BCUT2D eigenvalue weighted by atomic mass is 10.1. The molecule has 0 saturated heterocycles. The lowest BCUT2D eigenvalue weighted by molar-refractivity contribution is 0.0930. The van der Waals surface area contributed by atoms with Gasteiger partial charge in [0, 0.05) is 17.8 Å². The van der Waals surface area contributed by atoms with Gasteiger partial charge in [-0.3, -0.25) is 4.98 Å². The van der Waals surface area contributed by atoms with Crippen molar-refractivity contribution in [3.05, 3.63) is 71.5 Å². The molecule has 0 unspecified atom stereocenters. The Morgan fingerprint density at radius 1 is 1.11 bits per heavy atom. The maximum Gasteiger partial charge on any atom is 0.410 e. The van der Waals surface area contributed by atoms with Crippen molar-refractivity contribution in [1.29, 1.82) is 0 Å². The highest BCUT2D eigenvalue weighted by molar-refractivity contribution is 5.73. The molecule has 0 fully saturated rings. The summed E-state index contributed by atoms with van der Waals surface area (Å²) in [6, 6.07) is 15.1. The normalized spacial score (nSPS) is 11.8. The lowest BCUT2D eigenvalue weighted by Gasteiger charge is -2.24. The van der Waals surface area contributed by atoms with Gasteiger partial charge in [-0.25, -0.2) is 4.79 Å². The van der Waals surface area contributed by atoms with Crippen molar-refractivity contribution in [3.8, 4) is 23.0 Å². The average molecular weight is 478 g/mol. The summed E-state index contributed by atoms with van der Waals surface area (Å²) >= 11 is 0. The van der Waals surface area contributed by atoms with E-state index >= 15 is 0 Å². The van der Waals surface area contributed by atoms with Crippen LogP contribution in [-0.2, 0) is 17.9 Å². The van der Waals surface area contributed by atoms with E-state index in [4.69, 9.17) is 24.7 Å². The van der Waals surface area contributed by atoms with Crippen LogP contribution in [0.15, 0.2) is 54.7 Å². The maximum absolute atomic E-state index is 13.0. The molecule has 4 rings (SSSR count). The first-order chi connectivity index (χ1) is 17.0. The van der Waals surface area contributed by atoms with Crippen molar-refractivity contribution in [2.24, 2.45) is 0 Å². The smallest absolute Gasteiger partial charge is 0.410 e. The predicted molar refractivity (Wildman–Crippen MR) is 133 cm³/mol. The van der Waals surface area contributed by atoms with E-state index in [0.717, 1.165) is 30.5 Å². The van der Waals surface area contributed by atoms with E-state index in [2.05, 4.69) is 11.9 Å². The molecule has 1 aliphatic rings. The molecule has 1 aromatic heterocycles. The SMILES string of the molecule is CCCCCN(Cc1cc(Oc2ccc(C)nc2)c2c(c1N)OCO2)C(=O)OCc1ccccc1. The second-order valence-electron chi connectivity index (χ2n) is 8.42. The summed E-state index contributed by atoms with van der Waals surface area (Å²) in [5.74, 6) is 1.88. The first-order valence-electron chi connectivity index (χ1n) is 11.8. The number of amides is 1. The van der Waals surface area contributed by atoms with Crippen LogP contribution in [0.25, 0.3) is 0 Å². The topological polar surface area (TPSA) is 96.1 Å². The zero-order chi connectivity index (χ0) is 24.6. The number of unbranched alkanes of at least 4 members (excludes halogenated alkanes) is 2. The Kier molecular flexibility index (Phi) is 7.92. The molecule has 0 radical (unpaired) electrons. The number of pyridine rings is 1. The number of hydrogen-bond donors (Lipinski definition) is 1. The number of nitrogens with two attached hydrogens (primary N) is 1. The maximum atomic E-state index is 13.0. The van der Waals surface area contributed by atoms with Crippen molar-refractivity contribution in [3.63, 3.8) is 0 Å². The van der Waals surface area contributed by atoms with E-state index < -0.39 is 6.09 Å². The Morgan fingerprint density at radius 3 is 2.66 bits per heavy atom. The molecule has 1 aliphatic heterocycles. The van der Waals surface area contributed by atoms with Crippen LogP contribution >= 0.6 is 0 Å². The first-order valence-corrected chi connectivity index (χ1v) is 11.8. The number of aromatic nitrogens is 1. The third-order valence-electron chi connectivity index (χ3n) is 5.70. The van der Waals surface area contributed by atoms with Crippen LogP contribution < -0.4 is 19.9 Å². The molecule has 8 nitrogen and oxygen atoms in total. The van der Waals surface area contributed by atoms with Gasteiger partial charge < -0.3 is 29.6 Å². The summed E-state index contributed by atoms with van der Waals surface area (Å²) < 4.78 is 22.9. The standard InChI is InChI=1S/C27H31N3O5/c1-3-4-8-13-30(27(31)32-17-20-9-6-5-7-10-20)16-21-14-23(25-26(24(21)28)34-18-33-25)35-22-12-11-19(2)29-15-22/h5-7,9-12,14-15H,3-4,8,13,16-18,28H2,1-2H3. The third kappa shape index (κ3) is 6.15. The Hall–Kier alpha value is -3.94. The highest BCUT2D eigenvalue weighted by atomic mass is 16.7. The predicted octanol–water partition coefficient (Wildman–Crippen LogP) is 5.82. The van der Waals surface area contributed by atoms with Crippen molar-refractivity contribution >= 4 is 11.8 Å². The second kappa shape index (κ2) is 11.5. The van der Waals surface area contributed by atoms with Crippen LogP contribution in [0.5, 0.6) is 23.0 Å². The van der Waals surface area contributed by atoms with E-state index in [1.165, 1.54) is 0 Å². The van der Waals surface area contributed by atoms with Crippen LogP contribution in [0.3, 0.4) is 0 Å². The third-order valence-corrected chi connectivity index (χ3v) is 5.70. The van der Waals surface area contributed by atoms with Crippen LogP contribution in [0.4, 0.5) is 10.5 Å². The fourth-order valence-electron chi connectivity index (χ4n) is 3.76. The minimum atomic E-state index is -0.396. The molecule has 2 aromatic carbocycles. The molecule has 0 atom stereocenters. The fraction of sp³-hybridized carbons (Fsp3) is 0.333. The van der Waals surface area contributed by atoms with Gasteiger partial charge in [0.05, 0.1) is 18.4 Å². The zero-order valence-electron chi connectivity index (χ0n) is 20.2. The number of carbonyl (C=O) groups is 1. The highest BCUT2D eigenvalue weighted by Crippen LogP contribution is 2.48. The summed E-state index contributed by atoms with van der Waals surface area (Å²) in [5, 5.41) is 0. The molecule has 1 amide bonds. The van der Waals surface area contributed by atoms with Gasteiger partial charge in [0.15, 0.2) is 11.5 Å². The number of nitrogens with zero attached hydrogens (tertiary/aromatic N) is 2. The molecule has 8 heteroatoms. The minimum absolute atomic E-state index is 0.0465. The van der Waals surface area contributed by atoms with Gasteiger partial charge in [-0.2, -0.15) is 0 Å². The molecule has 35 heavy (non-hydrogen) atoms. The quantitative estimate of drug-likeness (QED) is 0.290. The molecule has 0 saturated carbocycles. The van der Waals surface area contributed by atoms with Gasteiger partial charge in [-0.05, 0) is 37.1 Å². The summed E-state index contributed by atoms with van der Waals surface area (Å²) in [5.41, 5.74) is 9.36. The van der Waals surface area contributed by atoms with E-state index in [1.807, 2.05) is 49.4 Å². The van der Waals surface area contributed by atoms with Gasteiger partial charge in [-0.1, -0.05) is 50.1 Å². The number of nitrogen functional groups attached to an aromatic ring is 1. The second-order valence-corrected chi connectivity index (χ2v) is 8.42. The van der Waals surface area contributed by atoms with Gasteiger partial charge >= 0.3 is 6.09 Å². The summed E-state index contributed by atoms with van der Waals surface area (Å²) in [6.07, 6.45) is 4.16. The molecular weight excluding hydrogens is 446 g/mol. The summed E-state index contributed by atoms with van der Waals surface area (Å²) in [7, 11) is 0. The molecule has 2 N–H and O–H groups in total. The molecule has 184 valence electrons. The van der Waals surface area contributed by atoms with Crippen LogP contribution in [-0.4, -0.2) is 29.3 Å². The van der Waals surface area contributed by atoms with Crippen molar-refractivity contribution in [1.82, 2.24) is 9.88 Å². The Labute approximate surface area is 205 Å². The summed E-state index contributed by atoms with van der Waals surface area (Å²) in [4.78, 5) is 19.0. The molecule has 0 spiro atoms. The number of hydrogen-bond acceptors (Lipinski definition) is 7. The summed E-state index contributed by atoms with van der Waals surface area (Å²) in [6.45, 7) is 5.08. The number of fused-ring (bicyclic) bond motifs is 1. The lowest BCUT2D eigenvalue weighted by Crippen LogP contribution is -2.32. The number of rotatable bonds is 10. The van der Waals surface area contributed by atoms with Crippen LogP contribution in [0, 0.1) is 6.92 Å². The molecular formula is C27H31N3O5. The Balaban J connectivity index is 1.56. The number of carbonyl (C=O) groups excluding carboxylic acids is 1. The van der Waals surface area contributed by atoms with Crippen molar-refractivity contribution in [2.75, 3.05) is 19.1 Å². The number of ether oxygens (including phenoxy) is 4. The molecule has 2 heterocycles. The average Bonchev–Trinajstić information content (AvgIpc) is 3.37. The van der Waals surface area contributed by atoms with Gasteiger partial charge in [0.1, 0.15) is 12.4 Å². The Morgan fingerprint density at radius 2 is 1.91 bits per heavy atom. The molecule has 3 aromatic rings. The number of benzene rings is 2.